The molecule has 0 spiro atoms. The Morgan fingerprint density at radius 1 is 1.29 bits per heavy atom. The maximum Gasteiger partial charge on any atom is 0.258 e. The standard InChI is InChI=1S/C22H25NO5/c1-22(2)11-16-4-3-5-19(21(16)28-22)27-13-20(25)23-12-17(24)14-6-7-18-15(10-14)8-9-26-18/h3-7,10,17,24H,8-9,11-13H2,1-2H3,(H,23,25). The monoisotopic (exact) mass is 383 g/mol. The number of amides is 1. The van der Waals surface area contributed by atoms with Gasteiger partial charge in [0.05, 0.1) is 12.7 Å². The van der Waals surface area contributed by atoms with Gasteiger partial charge in [-0.3, -0.25) is 4.79 Å². The highest BCUT2D eigenvalue weighted by atomic mass is 16.5. The Labute approximate surface area is 164 Å². The van der Waals surface area contributed by atoms with E-state index in [1.165, 1.54) is 0 Å². The van der Waals surface area contributed by atoms with Crippen LogP contribution in [0.25, 0.3) is 0 Å². The van der Waals surface area contributed by atoms with Gasteiger partial charge in [0.25, 0.3) is 5.91 Å². The van der Waals surface area contributed by atoms with Gasteiger partial charge in [-0.2, -0.15) is 0 Å². The Kier molecular flexibility index (Phi) is 4.89. The number of para-hydroxylation sites is 1. The summed E-state index contributed by atoms with van der Waals surface area (Å²) in [6.07, 6.45) is 0.875. The van der Waals surface area contributed by atoms with Crippen molar-refractivity contribution in [2.45, 2.75) is 38.4 Å². The second-order valence-electron chi connectivity index (χ2n) is 7.86. The quantitative estimate of drug-likeness (QED) is 0.802. The molecule has 6 nitrogen and oxygen atoms in total. The summed E-state index contributed by atoms with van der Waals surface area (Å²) >= 11 is 0. The predicted octanol–water partition coefficient (Wildman–Crippen LogP) is 2.56. The summed E-state index contributed by atoms with van der Waals surface area (Å²) in [5.41, 5.74) is 2.67. The van der Waals surface area contributed by atoms with E-state index in [2.05, 4.69) is 5.32 Å². The molecule has 1 atom stereocenters. The van der Waals surface area contributed by atoms with Crippen molar-refractivity contribution in [3.63, 3.8) is 0 Å². The second-order valence-corrected chi connectivity index (χ2v) is 7.86. The van der Waals surface area contributed by atoms with E-state index in [0.29, 0.717) is 18.1 Å². The van der Waals surface area contributed by atoms with Crippen LogP contribution in [0.4, 0.5) is 0 Å². The zero-order valence-electron chi connectivity index (χ0n) is 16.2. The first-order valence-electron chi connectivity index (χ1n) is 9.55. The van der Waals surface area contributed by atoms with E-state index in [1.54, 1.807) is 6.07 Å². The number of carbonyl (C=O) groups is 1. The van der Waals surface area contributed by atoms with Crippen molar-refractivity contribution in [1.82, 2.24) is 5.32 Å². The van der Waals surface area contributed by atoms with Crippen LogP contribution in [0.1, 0.15) is 36.6 Å². The van der Waals surface area contributed by atoms with Crippen molar-refractivity contribution in [1.29, 1.82) is 0 Å². The normalized spacial score (nSPS) is 17.1. The third-order valence-corrected chi connectivity index (χ3v) is 5.00. The minimum absolute atomic E-state index is 0.123. The van der Waals surface area contributed by atoms with E-state index in [0.717, 1.165) is 35.3 Å². The lowest BCUT2D eigenvalue weighted by atomic mass is 10.0. The summed E-state index contributed by atoms with van der Waals surface area (Å²) in [6.45, 7) is 4.71. The average molecular weight is 383 g/mol. The molecule has 28 heavy (non-hydrogen) atoms. The molecule has 1 unspecified atom stereocenters. The van der Waals surface area contributed by atoms with Crippen LogP contribution in [0, 0.1) is 0 Å². The highest BCUT2D eigenvalue weighted by Gasteiger charge is 2.32. The number of hydrogen-bond acceptors (Lipinski definition) is 5. The Balaban J connectivity index is 1.29. The van der Waals surface area contributed by atoms with Crippen LogP contribution < -0.4 is 19.5 Å². The van der Waals surface area contributed by atoms with Crippen LogP contribution in [0.5, 0.6) is 17.2 Å². The van der Waals surface area contributed by atoms with Gasteiger partial charge in [0.15, 0.2) is 18.1 Å². The van der Waals surface area contributed by atoms with E-state index >= 15 is 0 Å². The fourth-order valence-corrected chi connectivity index (χ4v) is 3.64. The molecule has 4 rings (SSSR count). The number of nitrogens with one attached hydrogen (secondary N) is 1. The molecule has 0 aliphatic carbocycles. The fraction of sp³-hybridized carbons (Fsp3) is 0.409. The van der Waals surface area contributed by atoms with Crippen LogP contribution in [0.15, 0.2) is 36.4 Å². The highest BCUT2D eigenvalue weighted by Crippen LogP contribution is 2.41. The Morgan fingerprint density at radius 3 is 3.00 bits per heavy atom. The number of hydrogen-bond donors (Lipinski definition) is 2. The SMILES string of the molecule is CC1(C)Cc2cccc(OCC(=O)NCC(O)c3ccc4c(c3)CCO4)c2O1. The highest BCUT2D eigenvalue weighted by molar-refractivity contribution is 5.77. The van der Waals surface area contributed by atoms with E-state index in [9.17, 15) is 9.90 Å². The van der Waals surface area contributed by atoms with Gasteiger partial charge in [0, 0.05) is 24.9 Å². The van der Waals surface area contributed by atoms with Gasteiger partial charge >= 0.3 is 0 Å². The lowest BCUT2D eigenvalue weighted by Gasteiger charge is -2.18. The van der Waals surface area contributed by atoms with Crippen molar-refractivity contribution in [3.8, 4) is 17.2 Å². The van der Waals surface area contributed by atoms with Gasteiger partial charge in [-0.15, -0.1) is 0 Å². The predicted molar refractivity (Wildman–Crippen MR) is 104 cm³/mol. The third kappa shape index (κ3) is 3.92. The summed E-state index contributed by atoms with van der Waals surface area (Å²) in [5, 5.41) is 13.1. The number of ether oxygens (including phenoxy) is 3. The summed E-state index contributed by atoms with van der Waals surface area (Å²) in [4.78, 5) is 12.2. The van der Waals surface area contributed by atoms with Gasteiger partial charge in [-0.25, -0.2) is 0 Å². The van der Waals surface area contributed by atoms with Gasteiger partial charge < -0.3 is 24.6 Å². The number of rotatable bonds is 6. The molecule has 0 saturated carbocycles. The van der Waals surface area contributed by atoms with E-state index in [-0.39, 0.29) is 24.7 Å². The van der Waals surface area contributed by atoms with Gasteiger partial charge in [0.2, 0.25) is 0 Å². The van der Waals surface area contributed by atoms with Crippen molar-refractivity contribution < 1.29 is 24.1 Å². The zero-order chi connectivity index (χ0) is 19.7. The number of aliphatic hydroxyl groups excluding tert-OH is 1. The lowest BCUT2D eigenvalue weighted by Crippen LogP contribution is -2.32. The first-order chi connectivity index (χ1) is 13.4. The summed E-state index contributed by atoms with van der Waals surface area (Å²) < 4.78 is 17.1. The van der Waals surface area contributed by atoms with Gasteiger partial charge in [-0.05, 0) is 43.2 Å². The smallest absolute Gasteiger partial charge is 0.258 e. The van der Waals surface area contributed by atoms with Crippen molar-refractivity contribution in [3.05, 3.63) is 53.1 Å². The first kappa shape index (κ1) is 18.6. The summed E-state index contributed by atoms with van der Waals surface area (Å²) in [7, 11) is 0. The van der Waals surface area contributed by atoms with Crippen molar-refractivity contribution in [2.24, 2.45) is 0 Å². The lowest BCUT2D eigenvalue weighted by molar-refractivity contribution is -0.123. The van der Waals surface area contributed by atoms with E-state index < -0.39 is 6.10 Å². The molecule has 2 aliphatic heterocycles. The molecule has 0 aromatic heterocycles. The maximum absolute atomic E-state index is 12.2. The number of fused-ring (bicyclic) bond motifs is 2. The topological polar surface area (TPSA) is 77.0 Å². The minimum atomic E-state index is -0.778. The maximum atomic E-state index is 12.2. The molecule has 148 valence electrons. The molecule has 2 heterocycles. The molecule has 0 fully saturated rings. The van der Waals surface area contributed by atoms with Crippen LogP contribution in [0.2, 0.25) is 0 Å². The average Bonchev–Trinajstić information content (AvgIpc) is 3.26. The second kappa shape index (κ2) is 7.36. The molecule has 2 aromatic carbocycles. The van der Waals surface area contributed by atoms with Crippen LogP contribution in [-0.4, -0.2) is 36.4 Å². The molecule has 2 N–H and O–H groups in total. The molecule has 0 bridgehead atoms. The Bertz CT molecular complexity index is 892. The van der Waals surface area contributed by atoms with Crippen LogP contribution in [0.3, 0.4) is 0 Å². The third-order valence-electron chi connectivity index (χ3n) is 5.00. The van der Waals surface area contributed by atoms with Gasteiger partial charge in [0.1, 0.15) is 11.4 Å². The zero-order valence-corrected chi connectivity index (χ0v) is 16.2. The molecule has 2 aliphatic rings. The fourth-order valence-electron chi connectivity index (χ4n) is 3.64. The molecule has 0 saturated heterocycles. The summed E-state index contributed by atoms with van der Waals surface area (Å²) in [6, 6.07) is 11.3. The van der Waals surface area contributed by atoms with Crippen LogP contribution in [-0.2, 0) is 17.6 Å². The van der Waals surface area contributed by atoms with Gasteiger partial charge in [-0.1, -0.05) is 18.2 Å². The number of aliphatic hydroxyl groups is 1. The molecule has 0 radical (unpaired) electrons. The molecule has 1 amide bonds. The van der Waals surface area contributed by atoms with E-state index in [4.69, 9.17) is 14.2 Å². The van der Waals surface area contributed by atoms with Crippen molar-refractivity contribution in [2.75, 3.05) is 19.8 Å². The Hall–Kier alpha value is -2.73. The van der Waals surface area contributed by atoms with Crippen LogP contribution >= 0.6 is 0 Å². The molecule has 6 heteroatoms. The molecule has 2 aromatic rings. The number of benzene rings is 2. The largest absolute Gasteiger partial charge is 0.493 e. The molecular weight excluding hydrogens is 358 g/mol. The summed E-state index contributed by atoms with van der Waals surface area (Å²) in [5.74, 6) is 1.85. The Morgan fingerprint density at radius 2 is 2.14 bits per heavy atom. The number of carbonyl (C=O) groups excluding carboxylic acids is 1. The first-order valence-corrected chi connectivity index (χ1v) is 9.55. The minimum Gasteiger partial charge on any atom is -0.493 e. The van der Waals surface area contributed by atoms with E-state index in [1.807, 2.05) is 44.2 Å². The van der Waals surface area contributed by atoms with Crippen molar-refractivity contribution >= 4 is 5.91 Å². The molecular formula is C22H25NO5.